The number of carbonyl (C=O) groups excluding carboxylic acids is 2. The molecule has 1 aromatic carbocycles. The highest BCUT2D eigenvalue weighted by Crippen LogP contribution is 2.17. The summed E-state index contributed by atoms with van der Waals surface area (Å²) in [5.41, 5.74) is 6.11. The lowest BCUT2D eigenvalue weighted by Crippen LogP contribution is -2.58. The zero-order valence-electron chi connectivity index (χ0n) is 16.9. The third-order valence-corrected chi connectivity index (χ3v) is 5.15. The Bertz CT molecular complexity index is 723. The fourth-order valence-electron chi connectivity index (χ4n) is 2.73. The van der Waals surface area contributed by atoms with Gasteiger partial charge >= 0.3 is 5.97 Å². The predicted octanol–water partition coefficient (Wildman–Crippen LogP) is -2.43. The van der Waals surface area contributed by atoms with Crippen LogP contribution in [-0.4, -0.2) is 92.3 Å². The molecule has 11 nitrogen and oxygen atoms in total. The third-order valence-electron chi connectivity index (χ3n) is 4.46. The van der Waals surface area contributed by atoms with Crippen molar-refractivity contribution in [2.45, 2.75) is 42.9 Å². The van der Waals surface area contributed by atoms with Gasteiger partial charge in [0.15, 0.2) is 6.10 Å². The largest absolute Gasteiger partial charge is 0.481 e. The van der Waals surface area contributed by atoms with Crippen LogP contribution in [0.1, 0.15) is 18.0 Å². The minimum atomic E-state index is -2.17. The molecular weight excluding hydrogens is 430 g/mol. The van der Waals surface area contributed by atoms with E-state index in [9.17, 15) is 34.8 Å². The molecule has 31 heavy (non-hydrogen) atoms. The lowest BCUT2D eigenvalue weighted by atomic mass is 9.99. The first-order valence-corrected chi connectivity index (χ1v) is 10.8. The first-order chi connectivity index (χ1) is 14.6. The molecule has 0 aliphatic carbocycles. The van der Waals surface area contributed by atoms with Gasteiger partial charge in [-0.15, -0.1) is 0 Å². The Morgan fingerprint density at radius 2 is 1.65 bits per heavy atom. The lowest BCUT2D eigenvalue weighted by Gasteiger charge is -2.30. The monoisotopic (exact) mass is 459 g/mol. The zero-order valence-corrected chi connectivity index (χ0v) is 17.7. The van der Waals surface area contributed by atoms with Crippen LogP contribution in [0, 0.1) is 0 Å². The molecule has 0 unspecified atom stereocenters. The Balaban J connectivity index is 2.83. The fraction of sp³-hybridized carbons (Fsp3) is 0.526. The Kier molecular flexibility index (Phi) is 11.5. The Hall–Kier alpha value is -2.22. The summed E-state index contributed by atoms with van der Waals surface area (Å²) in [6, 6.07) is 4.83. The number of benzene rings is 1. The number of thioether (sulfide) groups is 1. The number of hydrogen-bond donors (Lipinski definition) is 8. The smallest absolute Gasteiger partial charge is 0.305 e. The van der Waals surface area contributed by atoms with Gasteiger partial charge in [-0.1, -0.05) is 30.3 Å². The van der Waals surface area contributed by atoms with Crippen molar-refractivity contribution in [2.75, 3.05) is 18.6 Å². The average molecular weight is 460 g/mol. The molecule has 9 N–H and O–H groups in total. The van der Waals surface area contributed by atoms with Gasteiger partial charge in [-0.05, 0) is 11.8 Å². The van der Waals surface area contributed by atoms with Gasteiger partial charge < -0.3 is 41.9 Å². The first-order valence-electron chi connectivity index (χ1n) is 9.39. The summed E-state index contributed by atoms with van der Waals surface area (Å²) in [4.78, 5) is 35.5. The zero-order chi connectivity index (χ0) is 23.6. The summed E-state index contributed by atoms with van der Waals surface area (Å²) in [5.74, 6) is -2.75. The van der Waals surface area contributed by atoms with Gasteiger partial charge in [-0.25, -0.2) is 0 Å². The number of rotatable bonds is 13. The summed E-state index contributed by atoms with van der Waals surface area (Å²) < 4.78 is 0. The molecule has 0 heterocycles. The van der Waals surface area contributed by atoms with Gasteiger partial charge in [0.05, 0.1) is 31.2 Å². The number of aliphatic hydroxyl groups is 4. The van der Waals surface area contributed by atoms with Crippen LogP contribution >= 0.6 is 11.8 Å². The summed E-state index contributed by atoms with van der Waals surface area (Å²) >= 11 is 1.31. The molecule has 0 radical (unpaired) electrons. The van der Waals surface area contributed by atoms with Gasteiger partial charge in [0.2, 0.25) is 5.91 Å². The predicted molar refractivity (Wildman–Crippen MR) is 113 cm³/mol. The molecule has 0 aliphatic heterocycles. The maximum Gasteiger partial charge on any atom is 0.305 e. The number of carbonyl (C=O) groups is 3. The van der Waals surface area contributed by atoms with Gasteiger partial charge in [-0.3, -0.25) is 14.4 Å². The highest BCUT2D eigenvalue weighted by Gasteiger charge is 2.37. The molecule has 0 fully saturated rings. The standard InChI is InChI=1S/C19H29N3O8S/c1-31-9-11(20)18(29)22-13(8-23)15(26)16(27)17(28)19(30)21-12(7-14(24)25)10-5-3-2-4-6-10/h2-6,11-13,15-17,23,26-28H,7-9,20H2,1H3,(H,21,30)(H,22,29)(H,24,25)/t11-,12-,13-,15+,16+,17-/m0/s1. The van der Waals surface area contributed by atoms with E-state index in [4.69, 9.17) is 10.8 Å². The lowest BCUT2D eigenvalue weighted by molar-refractivity contribution is -0.144. The van der Waals surface area contributed by atoms with Crippen LogP contribution in [0.15, 0.2) is 30.3 Å². The molecule has 0 bridgehead atoms. The van der Waals surface area contributed by atoms with Crippen molar-refractivity contribution < 1.29 is 39.9 Å². The number of amides is 2. The second-order valence-corrected chi connectivity index (χ2v) is 7.77. The number of aliphatic carboxylic acids is 1. The second kappa shape index (κ2) is 13.2. The summed E-state index contributed by atoms with van der Waals surface area (Å²) in [5, 5.41) is 53.7. The molecule has 1 aromatic rings. The summed E-state index contributed by atoms with van der Waals surface area (Å²) in [7, 11) is 0. The van der Waals surface area contributed by atoms with Crippen molar-refractivity contribution in [3.63, 3.8) is 0 Å². The van der Waals surface area contributed by atoms with Crippen LogP contribution in [-0.2, 0) is 14.4 Å². The molecule has 0 saturated heterocycles. The SMILES string of the molecule is CSC[C@H](N)C(=O)N[C@@H](CO)[C@@H](O)[C@@H](O)[C@H](O)C(=O)N[C@@H](CC(=O)O)c1ccccc1. The van der Waals surface area contributed by atoms with Crippen LogP contribution in [0.4, 0.5) is 0 Å². The minimum Gasteiger partial charge on any atom is -0.481 e. The topological polar surface area (TPSA) is 202 Å². The average Bonchev–Trinajstić information content (AvgIpc) is 2.75. The van der Waals surface area contributed by atoms with Crippen LogP contribution in [0.25, 0.3) is 0 Å². The van der Waals surface area contributed by atoms with Crippen LogP contribution in [0.5, 0.6) is 0 Å². The van der Waals surface area contributed by atoms with Crippen LogP contribution < -0.4 is 16.4 Å². The number of nitrogens with one attached hydrogen (secondary N) is 2. The maximum absolute atomic E-state index is 12.4. The van der Waals surface area contributed by atoms with E-state index < -0.39 is 67.2 Å². The maximum atomic E-state index is 12.4. The second-order valence-electron chi connectivity index (χ2n) is 6.86. The Morgan fingerprint density at radius 1 is 1.03 bits per heavy atom. The minimum absolute atomic E-state index is 0.276. The fourth-order valence-corrected chi connectivity index (χ4v) is 3.24. The van der Waals surface area contributed by atoms with Crippen molar-refractivity contribution >= 4 is 29.5 Å². The van der Waals surface area contributed by atoms with Crippen molar-refractivity contribution in [1.29, 1.82) is 0 Å². The molecule has 1 rings (SSSR count). The number of nitrogens with two attached hydrogens (primary N) is 1. The van der Waals surface area contributed by atoms with E-state index in [2.05, 4.69) is 10.6 Å². The quantitative estimate of drug-likeness (QED) is 0.157. The highest BCUT2D eigenvalue weighted by atomic mass is 32.2. The van der Waals surface area contributed by atoms with Crippen LogP contribution in [0.2, 0.25) is 0 Å². The van der Waals surface area contributed by atoms with Crippen molar-refractivity contribution in [3.05, 3.63) is 35.9 Å². The van der Waals surface area contributed by atoms with Crippen molar-refractivity contribution in [2.24, 2.45) is 5.73 Å². The van der Waals surface area contributed by atoms with E-state index in [0.29, 0.717) is 5.56 Å². The Morgan fingerprint density at radius 3 is 2.16 bits per heavy atom. The molecule has 0 spiro atoms. The van der Waals surface area contributed by atoms with Crippen LogP contribution in [0.3, 0.4) is 0 Å². The van der Waals surface area contributed by atoms with E-state index in [0.717, 1.165) is 0 Å². The van der Waals surface area contributed by atoms with E-state index >= 15 is 0 Å². The molecule has 174 valence electrons. The summed E-state index contributed by atoms with van der Waals surface area (Å²) in [6.07, 6.45) is -4.91. The molecule has 6 atom stereocenters. The van der Waals surface area contributed by atoms with Gasteiger partial charge in [-0.2, -0.15) is 11.8 Å². The molecule has 0 aromatic heterocycles. The van der Waals surface area contributed by atoms with Crippen molar-refractivity contribution in [3.8, 4) is 0 Å². The Labute approximate surface area is 183 Å². The van der Waals surface area contributed by atoms with E-state index in [-0.39, 0.29) is 5.75 Å². The number of aliphatic hydroxyl groups excluding tert-OH is 4. The molecule has 0 aliphatic rings. The first kappa shape index (κ1) is 26.8. The normalized spacial score (nSPS) is 17.0. The molecule has 12 heteroatoms. The summed E-state index contributed by atoms with van der Waals surface area (Å²) in [6.45, 7) is -0.796. The third kappa shape index (κ3) is 8.44. The number of carboxylic acids is 1. The van der Waals surface area contributed by atoms with Crippen molar-refractivity contribution in [1.82, 2.24) is 10.6 Å². The molecule has 0 saturated carbocycles. The van der Waals surface area contributed by atoms with E-state index in [1.54, 1.807) is 36.6 Å². The highest BCUT2D eigenvalue weighted by molar-refractivity contribution is 7.98. The van der Waals surface area contributed by atoms with Gasteiger partial charge in [0, 0.05) is 5.75 Å². The molecule has 2 amide bonds. The number of hydrogen-bond acceptors (Lipinski definition) is 9. The van der Waals surface area contributed by atoms with E-state index in [1.165, 1.54) is 11.8 Å². The van der Waals surface area contributed by atoms with Gasteiger partial charge in [0.25, 0.3) is 5.91 Å². The van der Waals surface area contributed by atoms with E-state index in [1.807, 2.05) is 0 Å². The van der Waals surface area contributed by atoms with Gasteiger partial charge in [0.1, 0.15) is 12.2 Å². The molecular formula is C19H29N3O8S. The number of carboxylic acid groups (broad SMARTS) is 1.